The highest BCUT2D eigenvalue weighted by molar-refractivity contribution is 5.77. The van der Waals surface area contributed by atoms with Crippen molar-refractivity contribution in [3.05, 3.63) is 70.8 Å². The number of rotatable bonds is 6. The second kappa shape index (κ2) is 9.67. The monoisotopic (exact) mass is 501 g/mol. The Balaban J connectivity index is 1.65. The van der Waals surface area contributed by atoms with Gasteiger partial charge in [-0.3, -0.25) is 9.13 Å². The Hall–Kier alpha value is -4.82. The summed E-state index contributed by atoms with van der Waals surface area (Å²) >= 11 is 0. The summed E-state index contributed by atoms with van der Waals surface area (Å²) in [6.07, 6.45) is 1.09. The first kappa shape index (κ1) is 23.9. The summed E-state index contributed by atoms with van der Waals surface area (Å²) in [5.74, 6) is 0.283. The van der Waals surface area contributed by atoms with Gasteiger partial charge in [0.2, 0.25) is 0 Å². The number of methoxy groups -OCH3 is 1. The molecular weight excluding hydrogens is 478 g/mol. The fraction of sp³-hybridized carbons (Fsp3) is 0.231. The highest BCUT2D eigenvalue weighted by Crippen LogP contribution is 2.35. The van der Waals surface area contributed by atoms with E-state index in [0.717, 1.165) is 0 Å². The first-order valence-electron chi connectivity index (χ1n) is 11.5. The van der Waals surface area contributed by atoms with E-state index in [4.69, 9.17) is 9.47 Å². The maximum absolute atomic E-state index is 13.7. The number of amides is 1. The van der Waals surface area contributed by atoms with Crippen molar-refractivity contribution in [2.75, 3.05) is 27.0 Å². The van der Waals surface area contributed by atoms with Crippen LogP contribution in [-0.2, 0) is 4.74 Å². The molecule has 0 aliphatic carbocycles. The first-order chi connectivity index (χ1) is 17.9. The van der Waals surface area contributed by atoms with E-state index in [1.165, 1.54) is 22.6 Å². The molecule has 0 saturated carbocycles. The van der Waals surface area contributed by atoms with Gasteiger partial charge < -0.3 is 24.6 Å². The van der Waals surface area contributed by atoms with Gasteiger partial charge in [0.1, 0.15) is 17.6 Å². The number of pyridine rings is 1. The lowest BCUT2D eigenvalue weighted by Gasteiger charge is -2.14. The van der Waals surface area contributed by atoms with E-state index in [1.54, 1.807) is 53.2 Å². The number of likely N-dealkylation sites (tertiary alicyclic amines) is 1. The highest BCUT2D eigenvalue weighted by Gasteiger charge is 2.31. The van der Waals surface area contributed by atoms with Crippen LogP contribution in [0, 0.1) is 11.3 Å². The number of imidazole rings is 1. The van der Waals surface area contributed by atoms with Gasteiger partial charge in [0, 0.05) is 38.0 Å². The Morgan fingerprint density at radius 3 is 2.81 bits per heavy atom. The van der Waals surface area contributed by atoms with E-state index in [0.29, 0.717) is 46.7 Å². The molecule has 0 bridgehead atoms. The predicted molar refractivity (Wildman–Crippen MR) is 133 cm³/mol. The molecular formula is C26H23N5O6. The summed E-state index contributed by atoms with van der Waals surface area (Å²) in [4.78, 5) is 30.9. The SMILES string of the molecule is COCOc1cc(-n2c(=O)n(C3CCN(C(=O)O)C3)c3ncccc32)ccc1-c1ccc(O)c(C#N)c1. The Morgan fingerprint density at radius 1 is 1.24 bits per heavy atom. The lowest BCUT2D eigenvalue weighted by atomic mass is 10.0. The van der Waals surface area contributed by atoms with Gasteiger partial charge >= 0.3 is 11.8 Å². The minimum absolute atomic E-state index is 0.0506. The van der Waals surface area contributed by atoms with Crippen molar-refractivity contribution in [1.82, 2.24) is 19.0 Å². The molecule has 1 saturated heterocycles. The molecule has 4 aromatic rings. The summed E-state index contributed by atoms with van der Waals surface area (Å²) in [5.41, 5.74) is 2.62. The van der Waals surface area contributed by atoms with Crippen molar-refractivity contribution in [2.24, 2.45) is 0 Å². The van der Waals surface area contributed by atoms with Crippen LogP contribution in [-0.4, -0.2) is 62.3 Å². The zero-order chi connectivity index (χ0) is 26.1. The molecule has 0 radical (unpaired) electrons. The van der Waals surface area contributed by atoms with E-state index < -0.39 is 6.09 Å². The number of phenolic OH excluding ortho intramolecular Hbond substituents is 1. The van der Waals surface area contributed by atoms with Crippen LogP contribution in [0.15, 0.2) is 59.5 Å². The van der Waals surface area contributed by atoms with E-state index in [2.05, 4.69) is 4.98 Å². The number of fused-ring (bicyclic) bond motifs is 1. The largest absolute Gasteiger partial charge is 0.507 e. The molecule has 2 aromatic carbocycles. The molecule has 0 spiro atoms. The molecule has 5 rings (SSSR count). The summed E-state index contributed by atoms with van der Waals surface area (Å²) < 4.78 is 14.0. The average molecular weight is 501 g/mol. The van der Waals surface area contributed by atoms with Crippen LogP contribution >= 0.6 is 0 Å². The number of benzene rings is 2. The third-order valence-electron chi connectivity index (χ3n) is 6.42. The highest BCUT2D eigenvalue weighted by atomic mass is 16.7. The number of aromatic nitrogens is 3. The summed E-state index contributed by atoms with van der Waals surface area (Å²) in [6.45, 7) is 0.492. The average Bonchev–Trinajstić information content (AvgIpc) is 3.50. The Morgan fingerprint density at radius 2 is 2.08 bits per heavy atom. The number of hydrogen-bond acceptors (Lipinski definition) is 7. The Bertz CT molecular complexity index is 1600. The van der Waals surface area contributed by atoms with Crippen LogP contribution in [0.1, 0.15) is 18.0 Å². The molecule has 2 aromatic heterocycles. The van der Waals surface area contributed by atoms with Crippen LogP contribution in [0.2, 0.25) is 0 Å². The van der Waals surface area contributed by atoms with Gasteiger partial charge in [-0.05, 0) is 48.4 Å². The number of phenols is 1. The van der Waals surface area contributed by atoms with Gasteiger partial charge in [-0.2, -0.15) is 5.26 Å². The summed E-state index contributed by atoms with van der Waals surface area (Å²) in [5, 5.41) is 28.6. The van der Waals surface area contributed by atoms with Crippen LogP contribution in [0.5, 0.6) is 11.5 Å². The standard InChI is InChI=1S/C26H23N5O6/c1-36-15-37-23-12-18(5-6-20(23)16-4-7-22(32)17(11-16)13-27)30-21-3-2-9-28-24(21)31(25(30)33)19-8-10-29(14-19)26(34)35/h2-7,9,11-12,19,32H,8,10,14-15H2,1H3,(H,34,35). The number of nitrogens with zero attached hydrogens (tertiary/aromatic N) is 5. The molecule has 37 heavy (non-hydrogen) atoms. The van der Waals surface area contributed by atoms with E-state index >= 15 is 0 Å². The van der Waals surface area contributed by atoms with Gasteiger partial charge in [0.15, 0.2) is 12.4 Å². The van der Waals surface area contributed by atoms with Gasteiger partial charge in [-0.1, -0.05) is 6.07 Å². The maximum Gasteiger partial charge on any atom is 0.407 e. The number of nitriles is 1. The van der Waals surface area contributed by atoms with Gasteiger partial charge in [-0.25, -0.2) is 14.6 Å². The van der Waals surface area contributed by atoms with Crippen molar-refractivity contribution in [3.8, 4) is 34.4 Å². The van der Waals surface area contributed by atoms with E-state index in [1.807, 2.05) is 6.07 Å². The molecule has 3 heterocycles. The molecule has 1 amide bonds. The first-order valence-corrected chi connectivity index (χ1v) is 11.5. The molecule has 2 N–H and O–H groups in total. The topological polar surface area (TPSA) is 143 Å². The fourth-order valence-corrected chi connectivity index (χ4v) is 4.68. The molecule has 1 aliphatic rings. The normalized spacial score (nSPS) is 15.1. The molecule has 11 nitrogen and oxygen atoms in total. The minimum atomic E-state index is -1.02. The molecule has 1 fully saturated rings. The molecule has 188 valence electrons. The number of ether oxygens (including phenoxy) is 2. The van der Waals surface area contributed by atoms with Crippen molar-refractivity contribution < 1.29 is 24.5 Å². The van der Waals surface area contributed by atoms with Crippen LogP contribution < -0.4 is 10.4 Å². The lowest BCUT2D eigenvalue weighted by molar-refractivity contribution is 0.0515. The second-order valence-corrected chi connectivity index (χ2v) is 8.58. The predicted octanol–water partition coefficient (Wildman–Crippen LogP) is 3.34. The van der Waals surface area contributed by atoms with Crippen molar-refractivity contribution in [2.45, 2.75) is 12.5 Å². The summed E-state index contributed by atoms with van der Waals surface area (Å²) in [6, 6.07) is 15.0. The Labute approximate surface area is 211 Å². The van der Waals surface area contributed by atoms with Crippen molar-refractivity contribution >= 4 is 17.3 Å². The van der Waals surface area contributed by atoms with Crippen LogP contribution in [0.3, 0.4) is 0 Å². The number of carboxylic acid groups (broad SMARTS) is 1. The minimum Gasteiger partial charge on any atom is -0.507 e. The molecule has 11 heteroatoms. The quantitative estimate of drug-likeness (QED) is 0.383. The van der Waals surface area contributed by atoms with Gasteiger partial charge in [0.25, 0.3) is 0 Å². The van der Waals surface area contributed by atoms with Crippen LogP contribution in [0.4, 0.5) is 4.79 Å². The Kier molecular flexibility index (Phi) is 6.25. The number of carbonyl (C=O) groups is 1. The third kappa shape index (κ3) is 4.23. The van der Waals surface area contributed by atoms with Gasteiger partial charge in [0.05, 0.1) is 22.8 Å². The maximum atomic E-state index is 13.7. The second-order valence-electron chi connectivity index (χ2n) is 8.58. The van der Waals surface area contributed by atoms with Crippen molar-refractivity contribution in [3.63, 3.8) is 0 Å². The molecule has 1 unspecified atom stereocenters. The number of aromatic hydroxyl groups is 1. The van der Waals surface area contributed by atoms with Gasteiger partial charge in [-0.15, -0.1) is 0 Å². The lowest BCUT2D eigenvalue weighted by Crippen LogP contribution is -2.31. The summed E-state index contributed by atoms with van der Waals surface area (Å²) in [7, 11) is 1.49. The number of hydrogen-bond donors (Lipinski definition) is 2. The van der Waals surface area contributed by atoms with Crippen LogP contribution in [0.25, 0.3) is 28.0 Å². The fourth-order valence-electron chi connectivity index (χ4n) is 4.68. The zero-order valence-corrected chi connectivity index (χ0v) is 19.9. The smallest absolute Gasteiger partial charge is 0.407 e. The van der Waals surface area contributed by atoms with Crippen molar-refractivity contribution in [1.29, 1.82) is 5.26 Å². The third-order valence-corrected chi connectivity index (χ3v) is 6.42. The molecule has 1 aliphatic heterocycles. The van der Waals surface area contributed by atoms with E-state index in [9.17, 15) is 25.1 Å². The molecule has 1 atom stereocenters. The van der Waals surface area contributed by atoms with E-state index in [-0.39, 0.29) is 36.4 Å². The zero-order valence-electron chi connectivity index (χ0n) is 19.9.